The second-order valence-corrected chi connectivity index (χ2v) is 8.51. The predicted octanol–water partition coefficient (Wildman–Crippen LogP) is 4.01. The van der Waals surface area contributed by atoms with Crippen LogP contribution in [-0.4, -0.2) is 43.6 Å². The largest absolute Gasteiger partial charge is 0.367 e. The number of aromatic amines is 1. The van der Waals surface area contributed by atoms with Gasteiger partial charge in [-0.1, -0.05) is 11.6 Å². The lowest BCUT2D eigenvalue weighted by Gasteiger charge is -2.21. The van der Waals surface area contributed by atoms with Gasteiger partial charge in [0.25, 0.3) is 0 Å². The highest BCUT2D eigenvalue weighted by Crippen LogP contribution is 2.42. The van der Waals surface area contributed by atoms with E-state index in [2.05, 4.69) is 25.5 Å². The van der Waals surface area contributed by atoms with E-state index >= 15 is 4.39 Å². The summed E-state index contributed by atoms with van der Waals surface area (Å²) in [6, 6.07) is 0. The second-order valence-electron chi connectivity index (χ2n) is 8.13. The van der Waals surface area contributed by atoms with E-state index in [0.29, 0.717) is 39.3 Å². The van der Waals surface area contributed by atoms with E-state index in [0.717, 1.165) is 38.8 Å². The predicted molar refractivity (Wildman–Crippen MR) is 116 cm³/mol. The number of hydrogen-bond donors (Lipinski definition) is 2. The Balaban J connectivity index is 1.45. The minimum Gasteiger partial charge on any atom is -0.367 e. The number of H-pyrrole nitrogens is 1. The van der Waals surface area contributed by atoms with Crippen molar-refractivity contribution >= 4 is 45.6 Å². The summed E-state index contributed by atoms with van der Waals surface area (Å²) >= 11 is 6.55. The minimum atomic E-state index is -0.472. The van der Waals surface area contributed by atoms with Crippen molar-refractivity contribution in [3.63, 3.8) is 0 Å². The van der Waals surface area contributed by atoms with Crippen LogP contribution in [0.1, 0.15) is 25.7 Å². The van der Waals surface area contributed by atoms with Crippen LogP contribution in [0.3, 0.4) is 0 Å². The van der Waals surface area contributed by atoms with E-state index in [-0.39, 0.29) is 16.8 Å². The van der Waals surface area contributed by atoms with Crippen molar-refractivity contribution in [1.82, 2.24) is 24.6 Å². The van der Waals surface area contributed by atoms with Gasteiger partial charge in [-0.05, 0) is 25.7 Å². The highest BCUT2D eigenvalue weighted by molar-refractivity contribution is 6.35. The van der Waals surface area contributed by atoms with E-state index < -0.39 is 5.82 Å². The Labute approximate surface area is 181 Å². The highest BCUT2D eigenvalue weighted by Gasteiger charge is 2.30. The van der Waals surface area contributed by atoms with Gasteiger partial charge in [0.1, 0.15) is 5.69 Å². The fraction of sp³-hybridized carbons (Fsp3) is 0.333. The van der Waals surface area contributed by atoms with Crippen molar-refractivity contribution in [1.29, 1.82) is 0 Å². The Bertz CT molecular complexity index is 1340. The number of fused-ring (bicyclic) bond motifs is 2. The summed E-state index contributed by atoms with van der Waals surface area (Å²) in [5.74, 6) is 0.0642. The number of rotatable bonds is 4. The number of amides is 1. The van der Waals surface area contributed by atoms with E-state index in [1.165, 1.54) is 0 Å². The van der Waals surface area contributed by atoms with Crippen molar-refractivity contribution in [3.05, 3.63) is 35.6 Å². The monoisotopic (exact) mass is 439 g/mol. The molecule has 1 aliphatic carbocycles. The van der Waals surface area contributed by atoms with E-state index in [9.17, 15) is 4.79 Å². The molecule has 4 aromatic rings. The van der Waals surface area contributed by atoms with Gasteiger partial charge >= 0.3 is 0 Å². The summed E-state index contributed by atoms with van der Waals surface area (Å²) in [6.07, 6.45) is 10.6. The number of aromatic nitrogens is 5. The Hall–Kier alpha value is -3.20. The van der Waals surface area contributed by atoms with Gasteiger partial charge in [0, 0.05) is 36.2 Å². The first-order valence-corrected chi connectivity index (χ1v) is 10.7. The third-order valence-corrected chi connectivity index (χ3v) is 6.34. The molecular formula is C21H19ClFN7O. The van der Waals surface area contributed by atoms with Gasteiger partial charge in [0.2, 0.25) is 5.91 Å². The SMILES string of the molecule is O=C(Nc1cn2cc(-c3c(Cl)c(F)c(N4CCCC4)c4[nH]ncc34)ncc2n1)C1CC1. The fourth-order valence-corrected chi connectivity index (χ4v) is 4.54. The van der Waals surface area contributed by atoms with Crippen LogP contribution in [0, 0.1) is 11.7 Å². The molecule has 1 aliphatic heterocycles. The smallest absolute Gasteiger partial charge is 0.228 e. The van der Waals surface area contributed by atoms with Crippen molar-refractivity contribution in [2.75, 3.05) is 23.3 Å². The summed E-state index contributed by atoms with van der Waals surface area (Å²) in [5, 5.41) is 10.7. The van der Waals surface area contributed by atoms with Crippen LogP contribution in [0.4, 0.5) is 15.9 Å². The molecule has 1 amide bonds. The molecule has 1 saturated carbocycles. The first-order valence-electron chi connectivity index (χ1n) is 10.3. The van der Waals surface area contributed by atoms with Gasteiger partial charge in [0.15, 0.2) is 17.3 Å². The molecule has 1 aromatic carbocycles. The quantitative estimate of drug-likeness (QED) is 0.501. The molecule has 0 spiro atoms. The first kappa shape index (κ1) is 18.6. The lowest BCUT2D eigenvalue weighted by Crippen LogP contribution is -2.20. The number of carbonyl (C=O) groups is 1. The summed E-state index contributed by atoms with van der Waals surface area (Å²) in [6.45, 7) is 1.57. The maximum Gasteiger partial charge on any atom is 0.228 e. The standard InChI is InChI=1S/C21H19ClFN7O/c22-17-16(12-7-25-28-19(12)20(18(17)23)29-5-1-2-6-29)13-9-30-10-14(26-15(30)8-24-13)27-21(31)11-3-4-11/h7-11H,1-6H2,(H,25,28)(H,27,31). The van der Waals surface area contributed by atoms with Gasteiger partial charge in [-0.25, -0.2) is 9.37 Å². The van der Waals surface area contributed by atoms with Crippen LogP contribution in [0.5, 0.6) is 0 Å². The number of benzene rings is 1. The van der Waals surface area contributed by atoms with Crippen molar-refractivity contribution in [2.24, 2.45) is 5.92 Å². The molecule has 0 atom stereocenters. The maximum absolute atomic E-state index is 15.4. The van der Waals surface area contributed by atoms with Gasteiger partial charge in [-0.3, -0.25) is 14.9 Å². The van der Waals surface area contributed by atoms with Crippen molar-refractivity contribution in [3.8, 4) is 11.3 Å². The fourth-order valence-electron chi connectivity index (χ4n) is 4.25. The molecule has 0 radical (unpaired) electrons. The average molecular weight is 440 g/mol. The highest BCUT2D eigenvalue weighted by atomic mass is 35.5. The number of halogens is 2. The van der Waals surface area contributed by atoms with Gasteiger partial charge in [0.05, 0.1) is 34.8 Å². The van der Waals surface area contributed by atoms with Crippen molar-refractivity contribution < 1.29 is 9.18 Å². The number of anilines is 2. The summed E-state index contributed by atoms with van der Waals surface area (Å²) in [7, 11) is 0. The van der Waals surface area contributed by atoms with Gasteiger partial charge in [-0.15, -0.1) is 0 Å². The molecule has 10 heteroatoms. The van der Waals surface area contributed by atoms with E-state index in [1.807, 2.05) is 4.90 Å². The van der Waals surface area contributed by atoms with Gasteiger partial charge in [-0.2, -0.15) is 5.10 Å². The Morgan fingerprint density at radius 1 is 1.23 bits per heavy atom. The summed E-state index contributed by atoms with van der Waals surface area (Å²) in [4.78, 5) is 22.9. The number of hydrogen-bond acceptors (Lipinski definition) is 5. The Morgan fingerprint density at radius 2 is 2.03 bits per heavy atom. The zero-order chi connectivity index (χ0) is 21.1. The second kappa shape index (κ2) is 6.91. The van der Waals surface area contributed by atoms with E-state index in [4.69, 9.17) is 11.6 Å². The van der Waals surface area contributed by atoms with Crippen LogP contribution < -0.4 is 10.2 Å². The third-order valence-electron chi connectivity index (χ3n) is 5.98. The molecule has 2 fully saturated rings. The van der Waals surface area contributed by atoms with Crippen LogP contribution in [0.25, 0.3) is 27.8 Å². The van der Waals surface area contributed by atoms with Gasteiger partial charge < -0.3 is 14.6 Å². The Kier molecular flexibility index (Phi) is 4.14. The summed E-state index contributed by atoms with van der Waals surface area (Å²) in [5.41, 5.74) is 2.62. The van der Waals surface area contributed by atoms with Crippen LogP contribution in [0.15, 0.2) is 24.8 Å². The average Bonchev–Trinajstić information content (AvgIpc) is 3.13. The maximum atomic E-state index is 15.4. The molecule has 4 heterocycles. The van der Waals surface area contributed by atoms with Crippen LogP contribution in [0.2, 0.25) is 5.02 Å². The topological polar surface area (TPSA) is 91.2 Å². The molecule has 1 saturated heterocycles. The third kappa shape index (κ3) is 3.03. The molecule has 0 bridgehead atoms. The molecule has 2 N–H and O–H groups in total. The number of carbonyl (C=O) groups excluding carboxylic acids is 1. The molecule has 6 rings (SSSR count). The molecule has 3 aromatic heterocycles. The number of nitrogens with one attached hydrogen (secondary N) is 2. The Morgan fingerprint density at radius 3 is 2.81 bits per heavy atom. The molecule has 0 unspecified atom stereocenters. The summed E-state index contributed by atoms with van der Waals surface area (Å²) < 4.78 is 17.2. The lowest BCUT2D eigenvalue weighted by atomic mass is 10.0. The minimum absolute atomic E-state index is 0.0145. The van der Waals surface area contributed by atoms with Crippen molar-refractivity contribution in [2.45, 2.75) is 25.7 Å². The first-order chi connectivity index (χ1) is 15.1. The van der Waals surface area contributed by atoms with Crippen LogP contribution in [-0.2, 0) is 4.79 Å². The zero-order valence-corrected chi connectivity index (χ0v) is 17.3. The van der Waals surface area contributed by atoms with E-state index in [1.54, 1.807) is 29.2 Å². The number of nitrogens with zero attached hydrogens (tertiary/aromatic N) is 5. The number of imidazole rings is 1. The molecule has 8 nitrogen and oxygen atoms in total. The lowest BCUT2D eigenvalue weighted by molar-refractivity contribution is -0.117. The van der Waals surface area contributed by atoms with Crippen LogP contribution >= 0.6 is 11.6 Å². The molecule has 158 valence electrons. The molecule has 31 heavy (non-hydrogen) atoms. The normalized spacial score (nSPS) is 16.5. The molecular weight excluding hydrogens is 421 g/mol. The zero-order valence-electron chi connectivity index (χ0n) is 16.5. The molecule has 2 aliphatic rings.